The van der Waals surface area contributed by atoms with Crippen molar-refractivity contribution < 1.29 is 13.5 Å². The topological polar surface area (TPSA) is 44.9 Å². The molecule has 0 aliphatic heterocycles. The fraction of sp³-hybridized carbons (Fsp3) is 0.263. The van der Waals surface area contributed by atoms with Gasteiger partial charge in [-0.2, -0.15) is 5.10 Å². The van der Waals surface area contributed by atoms with Crippen molar-refractivity contribution >= 4 is 21.8 Å². The zero-order chi connectivity index (χ0) is 31.2. The third kappa shape index (κ3) is 5.10. The highest BCUT2D eigenvalue weighted by Crippen LogP contribution is 2.41. The third-order valence-corrected chi connectivity index (χ3v) is 9.22. The van der Waals surface area contributed by atoms with E-state index in [1.807, 2.05) is 50.4 Å². The number of alkyl halides is 1. The summed E-state index contributed by atoms with van der Waals surface area (Å²) >= 11 is 0. The predicted octanol–water partition coefficient (Wildman–Crippen LogP) is 10.4. The van der Waals surface area contributed by atoms with Crippen LogP contribution in [0.3, 0.4) is 0 Å². The van der Waals surface area contributed by atoms with Gasteiger partial charge in [0.2, 0.25) is 0 Å². The number of ether oxygens (including phenoxy) is 1. The highest BCUT2D eigenvalue weighted by atomic mass is 19.1. The van der Waals surface area contributed by atoms with E-state index in [1.165, 1.54) is 11.6 Å². The Hall–Kier alpha value is -4.78. The second kappa shape index (κ2) is 11.6. The second-order valence-electron chi connectivity index (χ2n) is 12.0. The smallest absolute Gasteiger partial charge is 0.137 e. The zero-order valence-corrected chi connectivity index (χ0v) is 26.0. The zero-order valence-electron chi connectivity index (χ0n) is 26.0. The minimum Gasteiger partial charge on any atom is -0.457 e. The minimum atomic E-state index is -1.27. The number of aryl methyl sites for hydroxylation is 1. The van der Waals surface area contributed by atoms with Gasteiger partial charge in [0.05, 0.1) is 28.3 Å². The van der Waals surface area contributed by atoms with Gasteiger partial charge in [-0.1, -0.05) is 44.2 Å². The molecule has 45 heavy (non-hydrogen) atoms. The molecule has 0 radical (unpaired) electrons. The van der Waals surface area contributed by atoms with E-state index in [0.29, 0.717) is 41.5 Å². The molecule has 0 N–H and O–H groups in total. The second-order valence-corrected chi connectivity index (χ2v) is 12.0. The summed E-state index contributed by atoms with van der Waals surface area (Å²) in [6.45, 7) is 8.12. The molecule has 1 aliphatic carbocycles. The van der Waals surface area contributed by atoms with E-state index in [1.54, 1.807) is 4.68 Å². The molecule has 228 valence electrons. The van der Waals surface area contributed by atoms with Gasteiger partial charge >= 0.3 is 0 Å². The molecule has 0 saturated heterocycles. The van der Waals surface area contributed by atoms with Gasteiger partial charge < -0.3 is 4.74 Å². The van der Waals surface area contributed by atoms with Crippen molar-refractivity contribution in [2.24, 2.45) is 0 Å². The highest BCUT2D eigenvalue weighted by molar-refractivity contribution is 6.09. The maximum Gasteiger partial charge on any atom is 0.137 e. The Balaban J connectivity index is 1.27. The molecule has 3 atom stereocenters. The van der Waals surface area contributed by atoms with E-state index >= 15 is 0 Å². The summed E-state index contributed by atoms with van der Waals surface area (Å²) in [5, 5.41) is 6.97. The van der Waals surface area contributed by atoms with Gasteiger partial charge in [-0.05, 0) is 87.1 Å². The van der Waals surface area contributed by atoms with Gasteiger partial charge in [0.25, 0.3) is 0 Å². The van der Waals surface area contributed by atoms with Gasteiger partial charge in [0.15, 0.2) is 0 Å². The Bertz CT molecular complexity index is 2070. The number of rotatable bonds is 7. The molecule has 7 heteroatoms. The molecule has 0 spiro atoms. The number of fused-ring (bicyclic) bond motifs is 3. The molecule has 0 fully saturated rings. The lowest BCUT2D eigenvalue weighted by molar-refractivity contribution is 0.251. The Kier molecular flexibility index (Phi) is 7.48. The van der Waals surface area contributed by atoms with Gasteiger partial charge in [0.1, 0.15) is 29.3 Å². The number of hydrogen-bond acceptors (Lipinski definition) is 3. The van der Waals surface area contributed by atoms with Gasteiger partial charge in [-0.3, -0.25) is 4.57 Å². The Morgan fingerprint density at radius 2 is 1.73 bits per heavy atom. The summed E-state index contributed by atoms with van der Waals surface area (Å²) in [7, 11) is 0. The van der Waals surface area contributed by atoms with Gasteiger partial charge in [-0.15, -0.1) is 0 Å². The van der Waals surface area contributed by atoms with Crippen LogP contribution in [0, 0.1) is 13.8 Å². The number of allylic oxidation sites excluding steroid dienone is 2. The average Bonchev–Trinajstić information content (AvgIpc) is 3.53. The quantitative estimate of drug-likeness (QED) is 0.183. The molecule has 0 bridgehead atoms. The van der Waals surface area contributed by atoms with Crippen molar-refractivity contribution in [1.29, 1.82) is 0 Å². The number of hydrogen-bond donors (Lipinski definition) is 0. The first-order valence-corrected chi connectivity index (χ1v) is 15.7. The first kappa shape index (κ1) is 29.0. The van der Waals surface area contributed by atoms with E-state index in [4.69, 9.17) is 14.8 Å². The first-order chi connectivity index (χ1) is 21.8. The van der Waals surface area contributed by atoms with Gasteiger partial charge in [-0.25, -0.2) is 18.4 Å². The molecule has 0 saturated carbocycles. The Labute approximate surface area is 261 Å². The van der Waals surface area contributed by atoms with Crippen LogP contribution >= 0.6 is 0 Å². The maximum absolute atomic E-state index is 14.9. The molecule has 6 aromatic rings. The minimum absolute atomic E-state index is 0.314. The van der Waals surface area contributed by atoms with E-state index < -0.39 is 17.9 Å². The SMILES string of the molecule is CCC(C)c1ccnc(-n2c3ccccc3c3ccc(Oc4cccc(-n5nc(C)c([C@@H]6C(F)=CCC[C@@H]6F)c5C)c4)cc32)c1. The number of benzene rings is 3. The Morgan fingerprint density at radius 3 is 2.56 bits per heavy atom. The van der Waals surface area contributed by atoms with Crippen molar-refractivity contribution in [2.45, 2.75) is 65.0 Å². The van der Waals surface area contributed by atoms with Crippen LogP contribution in [-0.2, 0) is 0 Å². The fourth-order valence-electron chi connectivity index (χ4n) is 6.70. The molecule has 1 unspecified atom stereocenters. The lowest BCUT2D eigenvalue weighted by Gasteiger charge is -2.24. The molecular weight excluding hydrogens is 566 g/mol. The maximum atomic E-state index is 14.9. The van der Waals surface area contributed by atoms with E-state index in [2.05, 4.69) is 66.9 Å². The van der Waals surface area contributed by atoms with E-state index in [0.717, 1.165) is 45.4 Å². The summed E-state index contributed by atoms with van der Waals surface area (Å²) in [4.78, 5) is 4.78. The summed E-state index contributed by atoms with van der Waals surface area (Å²) in [5.41, 5.74) is 6.07. The third-order valence-electron chi connectivity index (χ3n) is 9.22. The highest BCUT2D eigenvalue weighted by Gasteiger charge is 2.34. The van der Waals surface area contributed by atoms with Gasteiger partial charge in [0, 0.05) is 40.4 Å². The van der Waals surface area contributed by atoms with Crippen LogP contribution in [0.2, 0.25) is 0 Å². The van der Waals surface area contributed by atoms with Crippen molar-refractivity contribution in [2.75, 3.05) is 0 Å². The molecular formula is C38H36F2N4O. The number of pyridine rings is 1. The summed E-state index contributed by atoms with van der Waals surface area (Å²) in [5.74, 6) is 1.30. The van der Waals surface area contributed by atoms with Crippen LogP contribution in [0.1, 0.15) is 67.5 Å². The van der Waals surface area contributed by atoms with E-state index in [9.17, 15) is 8.78 Å². The molecule has 3 aromatic heterocycles. The lowest BCUT2D eigenvalue weighted by Crippen LogP contribution is -2.19. The van der Waals surface area contributed by atoms with Crippen molar-refractivity contribution in [1.82, 2.24) is 19.3 Å². The predicted molar refractivity (Wildman–Crippen MR) is 176 cm³/mol. The average molecular weight is 603 g/mol. The molecule has 3 aromatic carbocycles. The molecule has 0 amide bonds. The normalized spacial score (nSPS) is 17.5. The largest absolute Gasteiger partial charge is 0.457 e. The molecule has 7 rings (SSSR count). The monoisotopic (exact) mass is 602 g/mol. The lowest BCUT2D eigenvalue weighted by atomic mass is 9.85. The molecule has 3 heterocycles. The number of halogens is 2. The number of nitrogens with zero attached hydrogens (tertiary/aromatic N) is 4. The summed E-state index contributed by atoms with van der Waals surface area (Å²) in [6.07, 6.45) is 3.91. The fourth-order valence-corrected chi connectivity index (χ4v) is 6.70. The van der Waals surface area contributed by atoms with Crippen LogP contribution in [-0.4, -0.2) is 25.5 Å². The summed E-state index contributed by atoms with van der Waals surface area (Å²) in [6, 6.07) is 26.4. The standard InChI is InChI=1S/C38H36F2N4O/c1-5-23(2)26-18-19-41-36(20-26)43-34-15-7-6-12-30(34)31-17-16-29(22-35(31)43)45-28-11-8-10-27(21-28)44-25(4)37(24(3)42-44)38-32(39)13-9-14-33(38)40/h6-8,10-13,15-23,33,38H,5,9,14H2,1-4H3/t23?,33-,38+/m0/s1. The van der Waals surface area contributed by atoms with Crippen LogP contribution in [0.25, 0.3) is 33.3 Å². The van der Waals surface area contributed by atoms with E-state index in [-0.39, 0.29) is 0 Å². The van der Waals surface area contributed by atoms with Crippen LogP contribution < -0.4 is 4.74 Å². The number of aromatic nitrogens is 4. The van der Waals surface area contributed by atoms with Crippen molar-refractivity contribution in [3.05, 3.63) is 119 Å². The molecule has 5 nitrogen and oxygen atoms in total. The molecule has 1 aliphatic rings. The van der Waals surface area contributed by atoms with Crippen LogP contribution in [0.15, 0.2) is 97.0 Å². The van der Waals surface area contributed by atoms with Crippen molar-refractivity contribution in [3.8, 4) is 23.0 Å². The summed E-state index contributed by atoms with van der Waals surface area (Å²) < 4.78 is 40.1. The number of para-hydroxylation sites is 1. The Morgan fingerprint density at radius 1 is 0.933 bits per heavy atom. The van der Waals surface area contributed by atoms with Crippen LogP contribution in [0.5, 0.6) is 11.5 Å². The van der Waals surface area contributed by atoms with Crippen molar-refractivity contribution in [3.63, 3.8) is 0 Å². The first-order valence-electron chi connectivity index (χ1n) is 15.7. The van der Waals surface area contributed by atoms with Crippen LogP contribution in [0.4, 0.5) is 8.78 Å².